The Kier molecular flexibility index (Phi) is 13.8. The predicted octanol–water partition coefficient (Wildman–Crippen LogP) is 3.10. The summed E-state index contributed by atoms with van der Waals surface area (Å²) < 4.78 is 10.5. The highest BCUT2D eigenvalue weighted by Gasteiger charge is 2.42. The van der Waals surface area contributed by atoms with Crippen LogP contribution in [0, 0.1) is 0 Å². The molecule has 1 saturated heterocycles. The number of rotatable bonds is 16. The van der Waals surface area contributed by atoms with Crippen molar-refractivity contribution in [2.75, 3.05) is 13.2 Å². The normalized spacial score (nSPS) is 23.5. The Hall–Kier alpha value is -0.690. The van der Waals surface area contributed by atoms with Gasteiger partial charge in [-0.15, -0.1) is 0 Å². The van der Waals surface area contributed by atoms with Crippen LogP contribution in [0.2, 0.25) is 0 Å². The summed E-state index contributed by atoms with van der Waals surface area (Å²) in [5, 5.41) is 28.5. The number of hydrogen-bond donors (Lipinski definition) is 3. The zero-order valence-electron chi connectivity index (χ0n) is 17.0. The van der Waals surface area contributed by atoms with Crippen LogP contribution < -0.4 is 0 Å². The van der Waals surface area contributed by atoms with Crippen LogP contribution in [0.25, 0.3) is 0 Å². The molecule has 1 fully saturated rings. The molecule has 0 aromatic rings. The van der Waals surface area contributed by atoms with Crippen molar-refractivity contribution in [1.82, 2.24) is 0 Å². The van der Waals surface area contributed by atoms with E-state index in [9.17, 15) is 15.0 Å². The molecule has 0 aromatic heterocycles. The molecule has 0 unspecified atom stereocenters. The lowest BCUT2D eigenvalue weighted by molar-refractivity contribution is -0.160. The molecule has 4 atom stereocenters. The molecule has 27 heavy (non-hydrogen) atoms. The molecular formula is C21H40O6. The molecule has 1 aliphatic rings. The Balaban J connectivity index is 1.99. The van der Waals surface area contributed by atoms with E-state index in [-0.39, 0.29) is 12.6 Å². The fourth-order valence-corrected chi connectivity index (χ4v) is 3.52. The topological polar surface area (TPSA) is 96.2 Å². The van der Waals surface area contributed by atoms with Gasteiger partial charge in [-0.05, 0) is 6.42 Å². The first-order valence-electron chi connectivity index (χ1n) is 10.9. The number of aliphatic hydroxyl groups excluding tert-OH is 3. The molecule has 3 N–H and O–H groups in total. The molecule has 6 heteroatoms. The third kappa shape index (κ3) is 10.4. The Bertz CT molecular complexity index is 376. The molecule has 6 nitrogen and oxygen atoms in total. The van der Waals surface area contributed by atoms with Gasteiger partial charge in [0.05, 0.1) is 13.2 Å². The second kappa shape index (κ2) is 15.3. The summed E-state index contributed by atoms with van der Waals surface area (Å²) in [4.78, 5) is 12.0. The second-order valence-corrected chi connectivity index (χ2v) is 7.71. The van der Waals surface area contributed by atoms with Gasteiger partial charge in [-0.25, -0.2) is 0 Å². The SMILES string of the molecule is CCCCCCCCCCCCCCC(=O)O[C@H]1[C@@H]([C@H](O)CO)OC[C@H]1O. The maximum atomic E-state index is 12.0. The lowest BCUT2D eigenvalue weighted by atomic mass is 10.0. The summed E-state index contributed by atoms with van der Waals surface area (Å²) >= 11 is 0. The monoisotopic (exact) mass is 388 g/mol. The van der Waals surface area contributed by atoms with Gasteiger partial charge in [-0.2, -0.15) is 0 Å². The van der Waals surface area contributed by atoms with Crippen molar-refractivity contribution >= 4 is 5.97 Å². The van der Waals surface area contributed by atoms with Gasteiger partial charge >= 0.3 is 5.97 Å². The molecular weight excluding hydrogens is 348 g/mol. The van der Waals surface area contributed by atoms with Crippen molar-refractivity contribution < 1.29 is 29.6 Å². The molecule has 0 aliphatic carbocycles. The van der Waals surface area contributed by atoms with E-state index >= 15 is 0 Å². The van der Waals surface area contributed by atoms with Crippen LogP contribution in [-0.2, 0) is 14.3 Å². The fraction of sp³-hybridized carbons (Fsp3) is 0.952. The number of esters is 1. The van der Waals surface area contributed by atoms with Gasteiger partial charge in [0.2, 0.25) is 0 Å². The van der Waals surface area contributed by atoms with Crippen LogP contribution in [0.3, 0.4) is 0 Å². The van der Waals surface area contributed by atoms with Crippen molar-refractivity contribution in [2.45, 2.75) is 115 Å². The molecule has 0 radical (unpaired) electrons. The Labute approximate surface area is 164 Å². The number of carbonyl (C=O) groups excluding carboxylic acids is 1. The van der Waals surface area contributed by atoms with Gasteiger partial charge in [-0.3, -0.25) is 4.79 Å². The fourth-order valence-electron chi connectivity index (χ4n) is 3.52. The van der Waals surface area contributed by atoms with E-state index in [0.29, 0.717) is 6.42 Å². The summed E-state index contributed by atoms with van der Waals surface area (Å²) in [7, 11) is 0. The van der Waals surface area contributed by atoms with Gasteiger partial charge in [-0.1, -0.05) is 77.6 Å². The van der Waals surface area contributed by atoms with E-state index in [1.165, 1.54) is 57.8 Å². The first kappa shape index (κ1) is 24.3. The van der Waals surface area contributed by atoms with Crippen molar-refractivity contribution in [3.63, 3.8) is 0 Å². The van der Waals surface area contributed by atoms with E-state index in [1.807, 2.05) is 0 Å². The molecule has 0 saturated carbocycles. The van der Waals surface area contributed by atoms with Crippen LogP contribution >= 0.6 is 0 Å². The average molecular weight is 389 g/mol. The highest BCUT2D eigenvalue weighted by atomic mass is 16.6. The molecule has 0 amide bonds. The molecule has 0 aromatic carbocycles. The quantitative estimate of drug-likeness (QED) is 0.278. The highest BCUT2D eigenvalue weighted by Crippen LogP contribution is 2.22. The van der Waals surface area contributed by atoms with E-state index in [4.69, 9.17) is 14.6 Å². The highest BCUT2D eigenvalue weighted by molar-refractivity contribution is 5.69. The molecule has 1 aliphatic heterocycles. The maximum Gasteiger partial charge on any atom is 0.306 e. The van der Waals surface area contributed by atoms with E-state index < -0.39 is 31.0 Å². The Morgan fingerprint density at radius 1 is 1.00 bits per heavy atom. The minimum absolute atomic E-state index is 0.00171. The minimum Gasteiger partial charge on any atom is -0.457 e. The number of ether oxygens (including phenoxy) is 2. The second-order valence-electron chi connectivity index (χ2n) is 7.71. The summed E-state index contributed by atoms with van der Waals surface area (Å²) in [6, 6.07) is 0. The van der Waals surface area contributed by atoms with Gasteiger partial charge in [0.25, 0.3) is 0 Å². The zero-order valence-corrected chi connectivity index (χ0v) is 17.0. The summed E-state index contributed by atoms with van der Waals surface area (Å²) in [6.07, 6.45) is 11.2. The van der Waals surface area contributed by atoms with Gasteiger partial charge < -0.3 is 24.8 Å². The van der Waals surface area contributed by atoms with Crippen molar-refractivity contribution in [3.05, 3.63) is 0 Å². The lowest BCUT2D eigenvalue weighted by Crippen LogP contribution is -2.43. The van der Waals surface area contributed by atoms with Gasteiger partial charge in [0.15, 0.2) is 6.10 Å². The largest absolute Gasteiger partial charge is 0.457 e. The number of hydrogen-bond acceptors (Lipinski definition) is 6. The Morgan fingerprint density at radius 2 is 1.52 bits per heavy atom. The van der Waals surface area contributed by atoms with Crippen LogP contribution in [0.1, 0.15) is 90.4 Å². The summed E-state index contributed by atoms with van der Waals surface area (Å²) in [6.45, 7) is 1.74. The number of carbonyl (C=O) groups is 1. The van der Waals surface area contributed by atoms with Crippen LogP contribution in [-0.4, -0.2) is 58.9 Å². The van der Waals surface area contributed by atoms with E-state index in [1.54, 1.807) is 0 Å². The van der Waals surface area contributed by atoms with Crippen molar-refractivity contribution in [3.8, 4) is 0 Å². The minimum atomic E-state index is -1.16. The maximum absolute atomic E-state index is 12.0. The van der Waals surface area contributed by atoms with Gasteiger partial charge in [0, 0.05) is 6.42 Å². The zero-order chi connectivity index (χ0) is 19.9. The van der Waals surface area contributed by atoms with Gasteiger partial charge in [0.1, 0.15) is 18.3 Å². The Morgan fingerprint density at radius 3 is 2.04 bits per heavy atom. The van der Waals surface area contributed by atoms with E-state index in [2.05, 4.69) is 6.92 Å². The van der Waals surface area contributed by atoms with Crippen LogP contribution in [0.15, 0.2) is 0 Å². The third-order valence-electron chi connectivity index (χ3n) is 5.23. The van der Waals surface area contributed by atoms with Crippen LogP contribution in [0.4, 0.5) is 0 Å². The molecule has 0 spiro atoms. The molecule has 1 heterocycles. The molecule has 1 rings (SSSR count). The third-order valence-corrected chi connectivity index (χ3v) is 5.23. The smallest absolute Gasteiger partial charge is 0.306 e. The number of unbranched alkanes of at least 4 members (excludes halogenated alkanes) is 11. The van der Waals surface area contributed by atoms with Crippen molar-refractivity contribution in [2.24, 2.45) is 0 Å². The standard InChI is InChI=1S/C21H40O6/c1-2-3-4-5-6-7-8-9-10-11-12-13-14-19(25)27-21-18(24)16-26-20(21)17(23)15-22/h17-18,20-24H,2-16H2,1H3/t17-,18-,20-,21-/m1/s1. The summed E-state index contributed by atoms with van der Waals surface area (Å²) in [5.41, 5.74) is 0. The first-order valence-corrected chi connectivity index (χ1v) is 10.9. The number of aliphatic hydroxyl groups is 3. The van der Waals surface area contributed by atoms with E-state index in [0.717, 1.165) is 19.3 Å². The summed E-state index contributed by atoms with van der Waals surface area (Å²) in [5.74, 6) is -0.383. The predicted molar refractivity (Wildman–Crippen MR) is 104 cm³/mol. The van der Waals surface area contributed by atoms with Crippen LogP contribution in [0.5, 0.6) is 0 Å². The average Bonchev–Trinajstić information content (AvgIpc) is 3.02. The lowest BCUT2D eigenvalue weighted by Gasteiger charge is -2.23. The molecule has 0 bridgehead atoms. The molecule has 160 valence electrons. The first-order chi connectivity index (χ1) is 13.1. The van der Waals surface area contributed by atoms with Crippen molar-refractivity contribution in [1.29, 1.82) is 0 Å².